The van der Waals surface area contributed by atoms with E-state index in [1.54, 1.807) is 11.3 Å². The molecule has 0 radical (unpaired) electrons. The first-order valence-corrected chi connectivity index (χ1v) is 7.80. The number of thiazole rings is 1. The first-order valence-electron chi connectivity index (χ1n) is 6.92. The summed E-state index contributed by atoms with van der Waals surface area (Å²) in [6.45, 7) is 6.58. The van der Waals surface area contributed by atoms with Crippen molar-refractivity contribution in [3.05, 3.63) is 16.1 Å². The summed E-state index contributed by atoms with van der Waals surface area (Å²) in [4.78, 5) is 18.1. The zero-order valence-corrected chi connectivity index (χ0v) is 12.5. The molecule has 2 rings (SSSR count). The number of aryl methyl sites for hydroxylation is 1. The number of carbonyl (C=O) groups is 1. The topological polar surface area (TPSA) is 53.4 Å². The van der Waals surface area contributed by atoms with Crippen molar-refractivity contribution in [2.75, 3.05) is 13.1 Å². The fourth-order valence-electron chi connectivity index (χ4n) is 2.40. The summed E-state index contributed by atoms with van der Waals surface area (Å²) in [5, 5.41) is 12.6. The van der Waals surface area contributed by atoms with Crippen molar-refractivity contribution in [2.45, 2.75) is 46.1 Å². The van der Waals surface area contributed by atoms with E-state index in [9.17, 15) is 9.90 Å². The van der Waals surface area contributed by atoms with Gasteiger partial charge in [0, 0.05) is 11.9 Å². The standard InChI is InChI=1S/C14H22N2O2S/c1-3-4-12-15-11(10-19-12)9-16-7-5-14(2,6-8-16)13(17)18/h10H,3-9H2,1-2H3,(H,17,18). The van der Waals surface area contributed by atoms with E-state index in [1.807, 2.05) is 6.92 Å². The summed E-state index contributed by atoms with van der Waals surface area (Å²) in [6.07, 6.45) is 3.65. The number of likely N-dealkylation sites (tertiary alicyclic amines) is 1. The van der Waals surface area contributed by atoms with Gasteiger partial charge in [-0.15, -0.1) is 11.3 Å². The average Bonchev–Trinajstić information content (AvgIpc) is 2.80. The second-order valence-electron chi connectivity index (χ2n) is 5.62. The minimum absolute atomic E-state index is 0.536. The monoisotopic (exact) mass is 282 g/mol. The molecule has 19 heavy (non-hydrogen) atoms. The summed E-state index contributed by atoms with van der Waals surface area (Å²) >= 11 is 1.74. The molecule has 4 nitrogen and oxygen atoms in total. The molecule has 0 aromatic carbocycles. The highest BCUT2D eigenvalue weighted by Gasteiger charge is 2.36. The summed E-state index contributed by atoms with van der Waals surface area (Å²) in [7, 11) is 0. The molecular formula is C14H22N2O2S. The Morgan fingerprint density at radius 1 is 1.53 bits per heavy atom. The zero-order chi connectivity index (χ0) is 13.9. The maximum atomic E-state index is 11.2. The van der Waals surface area contributed by atoms with Crippen molar-refractivity contribution in [3.8, 4) is 0 Å². The molecule has 1 aliphatic rings. The van der Waals surface area contributed by atoms with Gasteiger partial charge in [0.25, 0.3) is 0 Å². The minimum Gasteiger partial charge on any atom is -0.481 e. The lowest BCUT2D eigenvalue weighted by molar-refractivity contribution is -0.150. The minimum atomic E-state index is -0.661. The number of rotatable bonds is 5. The zero-order valence-electron chi connectivity index (χ0n) is 11.7. The molecule has 1 fully saturated rings. The van der Waals surface area contributed by atoms with Crippen LogP contribution in [0.5, 0.6) is 0 Å². The lowest BCUT2D eigenvalue weighted by atomic mass is 9.80. The molecule has 1 aliphatic heterocycles. The number of piperidine rings is 1. The summed E-state index contributed by atoms with van der Waals surface area (Å²) in [5.74, 6) is -0.661. The van der Waals surface area contributed by atoms with Crippen molar-refractivity contribution < 1.29 is 9.90 Å². The summed E-state index contributed by atoms with van der Waals surface area (Å²) < 4.78 is 0. The Kier molecular flexibility index (Phi) is 4.58. The largest absolute Gasteiger partial charge is 0.481 e. The highest BCUT2D eigenvalue weighted by atomic mass is 32.1. The van der Waals surface area contributed by atoms with Gasteiger partial charge in [-0.1, -0.05) is 6.92 Å². The van der Waals surface area contributed by atoms with Crippen LogP contribution in [0.3, 0.4) is 0 Å². The van der Waals surface area contributed by atoms with Crippen LogP contribution in [0.25, 0.3) is 0 Å². The van der Waals surface area contributed by atoms with Gasteiger partial charge in [0.2, 0.25) is 0 Å². The predicted molar refractivity (Wildman–Crippen MR) is 76.4 cm³/mol. The van der Waals surface area contributed by atoms with Crippen molar-refractivity contribution in [1.82, 2.24) is 9.88 Å². The molecule has 0 bridgehead atoms. The Bertz CT molecular complexity index is 436. The molecule has 0 aliphatic carbocycles. The van der Waals surface area contributed by atoms with Crippen LogP contribution in [0.1, 0.15) is 43.8 Å². The van der Waals surface area contributed by atoms with Crippen LogP contribution in [0.15, 0.2) is 5.38 Å². The molecule has 0 amide bonds. The van der Waals surface area contributed by atoms with Gasteiger partial charge in [0.1, 0.15) is 0 Å². The van der Waals surface area contributed by atoms with Gasteiger partial charge in [-0.3, -0.25) is 9.69 Å². The summed E-state index contributed by atoms with van der Waals surface area (Å²) in [6, 6.07) is 0. The maximum absolute atomic E-state index is 11.2. The Hall–Kier alpha value is -0.940. The smallest absolute Gasteiger partial charge is 0.309 e. The van der Waals surface area contributed by atoms with E-state index >= 15 is 0 Å². The number of hydrogen-bond donors (Lipinski definition) is 1. The highest BCUT2D eigenvalue weighted by Crippen LogP contribution is 2.31. The van der Waals surface area contributed by atoms with Gasteiger partial charge >= 0.3 is 5.97 Å². The van der Waals surface area contributed by atoms with Crippen LogP contribution >= 0.6 is 11.3 Å². The van der Waals surface area contributed by atoms with Gasteiger partial charge in [-0.2, -0.15) is 0 Å². The molecule has 1 N–H and O–H groups in total. The highest BCUT2D eigenvalue weighted by molar-refractivity contribution is 7.09. The quantitative estimate of drug-likeness (QED) is 0.902. The molecule has 5 heteroatoms. The number of hydrogen-bond acceptors (Lipinski definition) is 4. The SMILES string of the molecule is CCCc1nc(CN2CCC(C)(C(=O)O)CC2)cs1. The third-order valence-electron chi connectivity index (χ3n) is 3.92. The van der Waals surface area contributed by atoms with E-state index < -0.39 is 11.4 Å². The molecule has 1 aromatic rings. The van der Waals surface area contributed by atoms with E-state index in [1.165, 1.54) is 5.01 Å². The van der Waals surface area contributed by atoms with E-state index in [0.29, 0.717) is 0 Å². The van der Waals surface area contributed by atoms with Crippen LogP contribution in [0.2, 0.25) is 0 Å². The van der Waals surface area contributed by atoms with Crippen molar-refractivity contribution in [1.29, 1.82) is 0 Å². The number of aliphatic carboxylic acids is 1. The Morgan fingerprint density at radius 2 is 2.21 bits per heavy atom. The molecule has 1 saturated heterocycles. The predicted octanol–water partition coefficient (Wildman–Crippen LogP) is 2.78. The number of nitrogens with zero attached hydrogens (tertiary/aromatic N) is 2. The van der Waals surface area contributed by atoms with E-state index in [4.69, 9.17) is 0 Å². The third-order valence-corrected chi connectivity index (χ3v) is 4.88. The van der Waals surface area contributed by atoms with Gasteiger partial charge in [-0.25, -0.2) is 4.98 Å². The molecular weight excluding hydrogens is 260 g/mol. The molecule has 0 saturated carbocycles. The number of carboxylic acids is 1. The number of aromatic nitrogens is 1. The molecule has 106 valence electrons. The summed E-state index contributed by atoms with van der Waals surface area (Å²) in [5.41, 5.74) is 0.596. The second-order valence-corrected chi connectivity index (χ2v) is 6.57. The third kappa shape index (κ3) is 3.54. The first-order chi connectivity index (χ1) is 9.03. The Labute approximate surface area is 118 Å². The number of carboxylic acid groups (broad SMARTS) is 1. The van der Waals surface area contributed by atoms with Crippen molar-refractivity contribution in [2.24, 2.45) is 5.41 Å². The lowest BCUT2D eigenvalue weighted by Gasteiger charge is -2.36. The molecule has 2 heterocycles. The van der Waals surface area contributed by atoms with Crippen LogP contribution in [-0.4, -0.2) is 34.0 Å². The van der Waals surface area contributed by atoms with Gasteiger partial charge in [0.15, 0.2) is 0 Å². The molecule has 0 atom stereocenters. The van der Waals surface area contributed by atoms with E-state index in [-0.39, 0.29) is 0 Å². The molecule has 0 spiro atoms. The Balaban J connectivity index is 1.86. The van der Waals surface area contributed by atoms with Crippen LogP contribution in [0, 0.1) is 5.41 Å². The van der Waals surface area contributed by atoms with Gasteiger partial charge in [0.05, 0.1) is 16.1 Å². The van der Waals surface area contributed by atoms with Crippen LogP contribution < -0.4 is 0 Å². The van der Waals surface area contributed by atoms with Crippen LogP contribution in [-0.2, 0) is 17.8 Å². The van der Waals surface area contributed by atoms with Crippen molar-refractivity contribution in [3.63, 3.8) is 0 Å². The maximum Gasteiger partial charge on any atom is 0.309 e. The van der Waals surface area contributed by atoms with E-state index in [0.717, 1.165) is 51.0 Å². The second kappa shape index (κ2) is 6.01. The lowest BCUT2D eigenvalue weighted by Crippen LogP contribution is -2.42. The van der Waals surface area contributed by atoms with Gasteiger partial charge < -0.3 is 5.11 Å². The fourth-order valence-corrected chi connectivity index (χ4v) is 3.29. The average molecular weight is 282 g/mol. The molecule has 1 aromatic heterocycles. The first kappa shape index (κ1) is 14.5. The van der Waals surface area contributed by atoms with Crippen molar-refractivity contribution >= 4 is 17.3 Å². The fraction of sp³-hybridized carbons (Fsp3) is 0.714. The van der Waals surface area contributed by atoms with E-state index in [2.05, 4.69) is 22.2 Å². The van der Waals surface area contributed by atoms with Crippen LogP contribution in [0.4, 0.5) is 0 Å². The normalized spacial score (nSPS) is 19.5. The molecule has 0 unspecified atom stereocenters. The van der Waals surface area contributed by atoms with Gasteiger partial charge in [-0.05, 0) is 45.7 Å². The Morgan fingerprint density at radius 3 is 2.79 bits per heavy atom.